The van der Waals surface area contributed by atoms with Crippen LogP contribution < -0.4 is 5.32 Å². The second-order valence-corrected chi connectivity index (χ2v) is 5.85. The molecular formula is C15H26N4O2. The maximum Gasteiger partial charge on any atom is 0.242 e. The maximum atomic E-state index is 12.4. The van der Waals surface area contributed by atoms with Crippen LogP contribution in [-0.4, -0.2) is 50.9 Å². The number of anilines is 1. The van der Waals surface area contributed by atoms with Crippen LogP contribution >= 0.6 is 0 Å². The number of hydrogen-bond acceptors (Lipinski definition) is 4. The second kappa shape index (κ2) is 7.04. The van der Waals surface area contributed by atoms with Crippen LogP contribution in [0, 0.1) is 0 Å². The minimum absolute atomic E-state index is 0.0172. The van der Waals surface area contributed by atoms with Crippen LogP contribution in [0.15, 0.2) is 12.3 Å². The molecule has 1 amide bonds. The first kappa shape index (κ1) is 16.0. The lowest BCUT2D eigenvalue weighted by atomic mass is 10.1. The predicted octanol–water partition coefficient (Wildman–Crippen LogP) is 1.64. The van der Waals surface area contributed by atoms with Crippen LogP contribution in [0.4, 0.5) is 5.82 Å². The molecule has 1 aliphatic heterocycles. The van der Waals surface area contributed by atoms with Crippen molar-refractivity contribution in [3.05, 3.63) is 12.3 Å². The molecule has 2 heterocycles. The lowest BCUT2D eigenvalue weighted by Crippen LogP contribution is -2.47. The minimum Gasteiger partial charge on any atom is -0.393 e. The number of piperidine rings is 1. The number of aliphatic hydroxyl groups is 1. The number of nitrogens with zero attached hydrogens (tertiary/aromatic N) is 3. The van der Waals surface area contributed by atoms with Gasteiger partial charge in [0, 0.05) is 19.2 Å². The molecule has 1 aliphatic rings. The number of amides is 1. The van der Waals surface area contributed by atoms with Gasteiger partial charge in [-0.05, 0) is 33.1 Å². The number of aromatic nitrogens is 2. The van der Waals surface area contributed by atoms with E-state index in [0.717, 1.165) is 38.2 Å². The molecule has 0 bridgehead atoms. The molecule has 6 nitrogen and oxygen atoms in total. The monoisotopic (exact) mass is 294 g/mol. The largest absolute Gasteiger partial charge is 0.393 e. The minimum atomic E-state index is -0.219. The van der Waals surface area contributed by atoms with E-state index in [1.807, 2.05) is 17.7 Å². The Hall–Kier alpha value is -1.40. The Morgan fingerprint density at radius 3 is 2.76 bits per heavy atom. The van der Waals surface area contributed by atoms with E-state index in [0.29, 0.717) is 0 Å². The molecule has 6 heteroatoms. The zero-order valence-corrected chi connectivity index (χ0v) is 13.1. The quantitative estimate of drug-likeness (QED) is 0.866. The Morgan fingerprint density at radius 2 is 2.14 bits per heavy atom. The van der Waals surface area contributed by atoms with Crippen molar-refractivity contribution in [3.63, 3.8) is 0 Å². The van der Waals surface area contributed by atoms with Crippen LogP contribution in [0.1, 0.15) is 46.1 Å². The molecule has 0 unspecified atom stereocenters. The van der Waals surface area contributed by atoms with Crippen LogP contribution in [-0.2, 0) is 4.79 Å². The third kappa shape index (κ3) is 3.83. The van der Waals surface area contributed by atoms with E-state index in [1.165, 1.54) is 0 Å². The molecule has 1 saturated heterocycles. The first-order valence-electron chi connectivity index (χ1n) is 7.79. The molecule has 0 spiro atoms. The summed E-state index contributed by atoms with van der Waals surface area (Å²) in [7, 11) is 0. The smallest absolute Gasteiger partial charge is 0.242 e. The standard InChI is InChI=1S/C15H26N4O2/c1-4-11(2)19-14(5-8-16-19)17-15(21)12(3)18-9-6-13(20)7-10-18/h5,8,11-13,20H,4,6-7,9-10H2,1-3H3,(H,17,21)/t11-,12-/m1/s1. The van der Waals surface area contributed by atoms with Gasteiger partial charge in [-0.1, -0.05) is 6.92 Å². The van der Waals surface area contributed by atoms with E-state index >= 15 is 0 Å². The molecule has 2 atom stereocenters. The molecule has 2 rings (SSSR count). The summed E-state index contributed by atoms with van der Waals surface area (Å²) in [5.41, 5.74) is 0. The van der Waals surface area contributed by atoms with Crippen LogP contribution in [0.3, 0.4) is 0 Å². The summed E-state index contributed by atoms with van der Waals surface area (Å²) < 4.78 is 1.85. The van der Waals surface area contributed by atoms with E-state index in [2.05, 4.69) is 29.2 Å². The molecule has 0 radical (unpaired) electrons. The molecule has 21 heavy (non-hydrogen) atoms. The normalized spacial score (nSPS) is 20.2. The van der Waals surface area contributed by atoms with Crippen LogP contribution in [0.2, 0.25) is 0 Å². The number of aliphatic hydroxyl groups excluding tert-OH is 1. The van der Waals surface area contributed by atoms with E-state index in [-0.39, 0.29) is 24.1 Å². The van der Waals surface area contributed by atoms with Gasteiger partial charge in [0.1, 0.15) is 5.82 Å². The topological polar surface area (TPSA) is 70.4 Å². The summed E-state index contributed by atoms with van der Waals surface area (Å²) in [5.74, 6) is 0.731. The number of likely N-dealkylation sites (tertiary alicyclic amines) is 1. The Balaban J connectivity index is 1.96. The third-order valence-electron chi connectivity index (χ3n) is 4.36. The molecule has 0 saturated carbocycles. The summed E-state index contributed by atoms with van der Waals surface area (Å²) >= 11 is 0. The van der Waals surface area contributed by atoms with E-state index in [4.69, 9.17) is 0 Å². The molecule has 1 aromatic heterocycles. The first-order chi connectivity index (χ1) is 10.0. The SMILES string of the molecule is CC[C@@H](C)n1nccc1NC(=O)[C@@H](C)N1CCC(O)CC1. The van der Waals surface area contributed by atoms with E-state index in [1.54, 1.807) is 6.20 Å². The number of carbonyl (C=O) groups excluding carboxylic acids is 1. The van der Waals surface area contributed by atoms with Crippen molar-refractivity contribution in [3.8, 4) is 0 Å². The average molecular weight is 294 g/mol. The van der Waals surface area contributed by atoms with Crippen LogP contribution in [0.5, 0.6) is 0 Å². The van der Waals surface area contributed by atoms with Gasteiger partial charge in [0.25, 0.3) is 0 Å². The van der Waals surface area contributed by atoms with Gasteiger partial charge >= 0.3 is 0 Å². The highest BCUT2D eigenvalue weighted by molar-refractivity contribution is 5.93. The summed E-state index contributed by atoms with van der Waals surface area (Å²) in [6.07, 6.45) is 3.93. The zero-order valence-electron chi connectivity index (χ0n) is 13.1. The van der Waals surface area contributed by atoms with Crippen molar-refractivity contribution in [2.24, 2.45) is 0 Å². The van der Waals surface area contributed by atoms with Gasteiger partial charge < -0.3 is 10.4 Å². The van der Waals surface area contributed by atoms with Crippen molar-refractivity contribution in [2.45, 2.75) is 58.2 Å². The first-order valence-corrected chi connectivity index (χ1v) is 7.79. The number of hydrogen-bond donors (Lipinski definition) is 2. The fraction of sp³-hybridized carbons (Fsp3) is 0.733. The lowest BCUT2D eigenvalue weighted by Gasteiger charge is -2.33. The maximum absolute atomic E-state index is 12.4. The number of rotatable bonds is 5. The van der Waals surface area contributed by atoms with Crippen molar-refractivity contribution >= 4 is 11.7 Å². The summed E-state index contributed by atoms with van der Waals surface area (Å²) in [5, 5.41) is 16.8. The second-order valence-electron chi connectivity index (χ2n) is 5.85. The fourth-order valence-corrected chi connectivity index (χ4v) is 2.61. The van der Waals surface area contributed by atoms with Crippen molar-refractivity contribution < 1.29 is 9.90 Å². The molecule has 0 aliphatic carbocycles. The number of nitrogens with one attached hydrogen (secondary N) is 1. The van der Waals surface area contributed by atoms with Gasteiger partial charge in [0.15, 0.2) is 0 Å². The lowest BCUT2D eigenvalue weighted by molar-refractivity contribution is -0.121. The van der Waals surface area contributed by atoms with Crippen molar-refractivity contribution in [1.29, 1.82) is 0 Å². The van der Waals surface area contributed by atoms with Gasteiger partial charge in [-0.2, -0.15) is 5.10 Å². The summed E-state index contributed by atoms with van der Waals surface area (Å²) in [6.45, 7) is 7.62. The average Bonchev–Trinajstić information content (AvgIpc) is 2.94. The Morgan fingerprint density at radius 1 is 1.48 bits per heavy atom. The predicted molar refractivity (Wildman–Crippen MR) is 82.1 cm³/mol. The van der Waals surface area contributed by atoms with Gasteiger partial charge in [0.2, 0.25) is 5.91 Å². The van der Waals surface area contributed by atoms with E-state index in [9.17, 15) is 9.90 Å². The van der Waals surface area contributed by atoms with Crippen molar-refractivity contribution in [2.75, 3.05) is 18.4 Å². The highest BCUT2D eigenvalue weighted by atomic mass is 16.3. The highest BCUT2D eigenvalue weighted by Gasteiger charge is 2.26. The molecule has 2 N–H and O–H groups in total. The summed E-state index contributed by atoms with van der Waals surface area (Å²) in [6, 6.07) is 1.89. The fourth-order valence-electron chi connectivity index (χ4n) is 2.61. The van der Waals surface area contributed by atoms with E-state index < -0.39 is 0 Å². The molecule has 118 valence electrons. The van der Waals surface area contributed by atoms with Gasteiger partial charge in [-0.15, -0.1) is 0 Å². The Labute approximate surface area is 126 Å². The van der Waals surface area contributed by atoms with Gasteiger partial charge in [0.05, 0.1) is 24.4 Å². The Bertz CT molecular complexity index is 466. The van der Waals surface area contributed by atoms with Gasteiger partial charge in [-0.3, -0.25) is 9.69 Å². The highest BCUT2D eigenvalue weighted by Crippen LogP contribution is 2.18. The zero-order chi connectivity index (χ0) is 15.4. The Kier molecular flexibility index (Phi) is 5.36. The number of carbonyl (C=O) groups is 1. The van der Waals surface area contributed by atoms with Crippen molar-refractivity contribution in [1.82, 2.24) is 14.7 Å². The third-order valence-corrected chi connectivity index (χ3v) is 4.36. The molecule has 1 aromatic rings. The molecular weight excluding hydrogens is 268 g/mol. The molecule has 1 fully saturated rings. The summed E-state index contributed by atoms with van der Waals surface area (Å²) in [4.78, 5) is 14.5. The van der Waals surface area contributed by atoms with Crippen LogP contribution in [0.25, 0.3) is 0 Å². The van der Waals surface area contributed by atoms with Gasteiger partial charge in [-0.25, -0.2) is 4.68 Å². The molecule has 0 aromatic carbocycles.